The maximum atomic E-state index is 14.1. The summed E-state index contributed by atoms with van der Waals surface area (Å²) in [4.78, 5) is 28.9. The average Bonchev–Trinajstić information content (AvgIpc) is 3.68. The van der Waals surface area contributed by atoms with E-state index in [1.807, 2.05) is 24.3 Å². The van der Waals surface area contributed by atoms with Crippen LogP contribution >= 0.6 is 0 Å². The van der Waals surface area contributed by atoms with Gasteiger partial charge in [0.2, 0.25) is 0 Å². The molecule has 1 aliphatic heterocycles. The zero-order valence-electron chi connectivity index (χ0n) is 25.6. The minimum atomic E-state index is -1.11. The molecular formula is C36H39F2N3O4. The van der Waals surface area contributed by atoms with E-state index in [1.54, 1.807) is 37.1 Å². The van der Waals surface area contributed by atoms with Gasteiger partial charge in [0.05, 0.1) is 24.8 Å². The van der Waals surface area contributed by atoms with Crippen molar-refractivity contribution in [1.29, 1.82) is 0 Å². The molecular weight excluding hydrogens is 576 g/mol. The van der Waals surface area contributed by atoms with Crippen molar-refractivity contribution in [2.24, 2.45) is 0 Å². The summed E-state index contributed by atoms with van der Waals surface area (Å²) in [6.45, 7) is 2.97. The van der Waals surface area contributed by atoms with Crippen LogP contribution in [0.25, 0.3) is 0 Å². The van der Waals surface area contributed by atoms with Gasteiger partial charge in [-0.15, -0.1) is 6.42 Å². The third-order valence-corrected chi connectivity index (χ3v) is 8.72. The second-order valence-corrected chi connectivity index (χ2v) is 12.2. The maximum Gasteiger partial charge on any atom is 0.254 e. The predicted molar refractivity (Wildman–Crippen MR) is 168 cm³/mol. The molecule has 1 saturated carbocycles. The van der Waals surface area contributed by atoms with Crippen molar-refractivity contribution in [1.82, 2.24) is 15.5 Å². The van der Waals surface area contributed by atoms with Crippen LogP contribution in [0, 0.1) is 30.9 Å². The fourth-order valence-electron chi connectivity index (χ4n) is 6.23. The smallest absolute Gasteiger partial charge is 0.254 e. The Kier molecular flexibility index (Phi) is 9.98. The molecule has 3 N–H and O–H groups in total. The summed E-state index contributed by atoms with van der Waals surface area (Å²) in [5.74, 6) is 0.471. The first-order chi connectivity index (χ1) is 21.6. The number of ether oxygens (including phenoxy) is 1. The molecule has 0 bridgehead atoms. The standard InChI is InChI=1S/C36H39F2N3O4/c1-4-24-7-5-8-28(15-24)36(10-11-36)39-21-33(42)32(18-25-16-29(37)20-30(38)17-25)40-34(43)26-13-23(2)14-27(19-26)35(44)41-12-6-9-31(41)22-45-3/h1,5,7-8,13-17,19-20,31-33,39,42H,6,9-12,18,21-22H2,2-3H3,(H,40,43)/t31-,32+,33-/m1/s1. The molecule has 0 aromatic heterocycles. The highest BCUT2D eigenvalue weighted by Gasteiger charge is 2.44. The fourth-order valence-corrected chi connectivity index (χ4v) is 6.23. The number of nitrogens with zero attached hydrogens (tertiary/aromatic N) is 1. The van der Waals surface area contributed by atoms with Gasteiger partial charge in [-0.05, 0) is 98.2 Å². The maximum absolute atomic E-state index is 14.1. The van der Waals surface area contributed by atoms with Gasteiger partial charge in [0.15, 0.2) is 0 Å². The lowest BCUT2D eigenvalue weighted by molar-refractivity contribution is 0.0630. The number of carbonyl (C=O) groups is 2. The Balaban J connectivity index is 1.35. The second-order valence-electron chi connectivity index (χ2n) is 12.2. The van der Waals surface area contributed by atoms with Crippen molar-refractivity contribution in [2.75, 3.05) is 26.8 Å². The SMILES string of the molecule is C#Cc1cccc(C2(NC[C@@H](O)[C@H](Cc3cc(F)cc(F)c3)NC(=O)c3cc(C)cc(C(=O)N4CCC[C@@H]4COC)c3)CC2)c1. The van der Waals surface area contributed by atoms with Crippen LogP contribution in [0.2, 0.25) is 0 Å². The zero-order valence-corrected chi connectivity index (χ0v) is 25.6. The van der Waals surface area contributed by atoms with Gasteiger partial charge in [0, 0.05) is 48.5 Å². The van der Waals surface area contributed by atoms with E-state index >= 15 is 0 Å². The van der Waals surface area contributed by atoms with E-state index in [1.165, 1.54) is 12.1 Å². The number of terminal acetylenes is 1. The van der Waals surface area contributed by atoms with E-state index in [4.69, 9.17) is 11.2 Å². The summed E-state index contributed by atoms with van der Waals surface area (Å²) in [5, 5.41) is 17.7. The van der Waals surface area contributed by atoms with Crippen LogP contribution in [0.5, 0.6) is 0 Å². The number of hydrogen-bond donors (Lipinski definition) is 3. The van der Waals surface area contributed by atoms with Gasteiger partial charge in [0.1, 0.15) is 11.6 Å². The monoisotopic (exact) mass is 615 g/mol. The van der Waals surface area contributed by atoms with Gasteiger partial charge in [-0.25, -0.2) is 8.78 Å². The first-order valence-electron chi connectivity index (χ1n) is 15.3. The van der Waals surface area contributed by atoms with E-state index in [-0.39, 0.29) is 41.6 Å². The largest absolute Gasteiger partial charge is 0.390 e. The lowest BCUT2D eigenvalue weighted by atomic mass is 9.98. The average molecular weight is 616 g/mol. The number of methoxy groups -OCH3 is 1. The molecule has 0 radical (unpaired) electrons. The minimum Gasteiger partial charge on any atom is -0.390 e. The van der Waals surface area contributed by atoms with Crippen LogP contribution < -0.4 is 10.6 Å². The van der Waals surface area contributed by atoms with Crippen LogP contribution in [0.4, 0.5) is 8.78 Å². The number of benzene rings is 3. The van der Waals surface area contributed by atoms with Crippen LogP contribution in [0.3, 0.4) is 0 Å². The molecule has 236 valence electrons. The van der Waals surface area contributed by atoms with E-state index in [0.29, 0.717) is 18.7 Å². The molecule has 0 spiro atoms. The van der Waals surface area contributed by atoms with Gasteiger partial charge >= 0.3 is 0 Å². The zero-order chi connectivity index (χ0) is 32.1. The van der Waals surface area contributed by atoms with E-state index in [0.717, 1.165) is 48.4 Å². The summed E-state index contributed by atoms with van der Waals surface area (Å²) in [6.07, 6.45) is 7.88. The molecule has 5 rings (SSSR count). The number of nitrogens with one attached hydrogen (secondary N) is 2. The van der Waals surface area contributed by atoms with Crippen molar-refractivity contribution in [3.8, 4) is 12.3 Å². The molecule has 2 aliphatic rings. The molecule has 9 heteroatoms. The number of hydrogen-bond acceptors (Lipinski definition) is 5. The Morgan fingerprint density at radius 3 is 2.53 bits per heavy atom. The third-order valence-electron chi connectivity index (χ3n) is 8.72. The Morgan fingerprint density at radius 2 is 1.84 bits per heavy atom. The summed E-state index contributed by atoms with van der Waals surface area (Å²) in [7, 11) is 1.61. The number of likely N-dealkylation sites (tertiary alicyclic amines) is 1. The van der Waals surface area contributed by atoms with Gasteiger partial charge in [0.25, 0.3) is 11.8 Å². The number of aryl methyl sites for hydroxylation is 1. The molecule has 3 aromatic rings. The lowest BCUT2D eigenvalue weighted by Gasteiger charge is -2.28. The first-order valence-corrected chi connectivity index (χ1v) is 15.3. The van der Waals surface area contributed by atoms with E-state index in [9.17, 15) is 23.5 Å². The van der Waals surface area contributed by atoms with Crippen molar-refractivity contribution in [3.63, 3.8) is 0 Å². The summed E-state index contributed by atoms with van der Waals surface area (Å²) < 4.78 is 33.5. The number of aliphatic hydroxyl groups excluding tert-OH is 1. The molecule has 7 nitrogen and oxygen atoms in total. The molecule has 1 saturated heterocycles. The normalized spacial score (nSPS) is 18.2. The number of rotatable bonds is 12. The van der Waals surface area contributed by atoms with Gasteiger partial charge in [-0.1, -0.05) is 18.1 Å². The van der Waals surface area contributed by atoms with Crippen LogP contribution in [-0.2, 0) is 16.7 Å². The molecule has 2 amide bonds. The Hall–Kier alpha value is -4.10. The van der Waals surface area contributed by atoms with Gasteiger partial charge in [-0.3, -0.25) is 9.59 Å². The Labute approximate surface area is 263 Å². The predicted octanol–water partition coefficient (Wildman–Crippen LogP) is 4.49. The van der Waals surface area contributed by atoms with Crippen molar-refractivity contribution in [2.45, 2.75) is 62.8 Å². The van der Waals surface area contributed by atoms with Crippen LogP contribution in [-0.4, -0.2) is 66.8 Å². The first kappa shape index (κ1) is 32.3. The van der Waals surface area contributed by atoms with Gasteiger partial charge < -0.3 is 25.4 Å². The molecule has 2 fully saturated rings. The number of carbonyl (C=O) groups excluding carboxylic acids is 2. The summed E-state index contributed by atoms with van der Waals surface area (Å²) in [5.41, 5.74) is 3.08. The lowest BCUT2D eigenvalue weighted by Crippen LogP contribution is -2.50. The summed E-state index contributed by atoms with van der Waals surface area (Å²) in [6, 6.07) is 14.9. The van der Waals surface area contributed by atoms with E-state index in [2.05, 4.69) is 16.6 Å². The Bertz CT molecular complexity index is 1580. The highest BCUT2D eigenvalue weighted by molar-refractivity contribution is 6.00. The van der Waals surface area contributed by atoms with Crippen molar-refractivity contribution >= 4 is 11.8 Å². The topological polar surface area (TPSA) is 90.9 Å². The minimum absolute atomic E-state index is 0.0209. The highest BCUT2D eigenvalue weighted by Crippen LogP contribution is 2.45. The Morgan fingerprint density at radius 1 is 1.11 bits per heavy atom. The molecule has 0 unspecified atom stereocenters. The molecule has 3 atom stereocenters. The fraction of sp³-hybridized carbons (Fsp3) is 0.389. The van der Waals surface area contributed by atoms with E-state index < -0.39 is 29.7 Å². The van der Waals surface area contributed by atoms with Crippen molar-refractivity contribution in [3.05, 3.63) is 106 Å². The van der Waals surface area contributed by atoms with Gasteiger partial charge in [-0.2, -0.15) is 0 Å². The highest BCUT2D eigenvalue weighted by atomic mass is 19.1. The molecule has 3 aromatic carbocycles. The summed E-state index contributed by atoms with van der Waals surface area (Å²) >= 11 is 0. The molecule has 1 heterocycles. The molecule has 45 heavy (non-hydrogen) atoms. The number of halogens is 2. The van der Waals surface area contributed by atoms with Crippen molar-refractivity contribution < 1.29 is 28.2 Å². The number of amides is 2. The second kappa shape index (κ2) is 13.9. The molecule has 1 aliphatic carbocycles. The number of aliphatic hydroxyl groups is 1. The van der Waals surface area contributed by atoms with Crippen LogP contribution in [0.15, 0.2) is 60.7 Å². The quantitative estimate of drug-likeness (QED) is 0.262. The van der Waals surface area contributed by atoms with Crippen LogP contribution in [0.1, 0.15) is 68.7 Å². The third kappa shape index (κ3) is 7.77.